The third kappa shape index (κ3) is 7.00. The zero-order valence-electron chi connectivity index (χ0n) is 16.5. The maximum Gasteiger partial charge on any atom is 0.191 e. The van der Waals surface area contributed by atoms with Crippen molar-refractivity contribution < 1.29 is 0 Å². The van der Waals surface area contributed by atoms with E-state index in [4.69, 9.17) is 0 Å². The Bertz CT molecular complexity index is 761. The summed E-state index contributed by atoms with van der Waals surface area (Å²) < 4.78 is 1.11. The maximum atomic E-state index is 4.43. The highest BCUT2D eigenvalue weighted by Crippen LogP contribution is 2.16. The van der Waals surface area contributed by atoms with Crippen LogP contribution in [0.1, 0.15) is 29.7 Å². The van der Waals surface area contributed by atoms with Gasteiger partial charge in [0.05, 0.1) is 5.69 Å². The zero-order valence-corrected chi connectivity index (χ0v) is 20.4. The van der Waals surface area contributed by atoms with E-state index >= 15 is 0 Å². The molecule has 0 unspecified atom stereocenters. The Kier molecular flexibility index (Phi) is 9.67. The van der Waals surface area contributed by atoms with Crippen molar-refractivity contribution in [3.05, 3.63) is 63.9 Å². The number of guanidine groups is 1. The maximum absolute atomic E-state index is 4.43. The van der Waals surface area contributed by atoms with Crippen LogP contribution in [0.4, 0.5) is 0 Å². The first kappa shape index (κ1) is 23.1. The lowest BCUT2D eigenvalue weighted by Crippen LogP contribution is -2.48. The van der Waals surface area contributed by atoms with E-state index in [0.29, 0.717) is 6.04 Å². The van der Waals surface area contributed by atoms with Crippen LogP contribution in [0, 0.1) is 6.92 Å². The molecule has 0 amide bonds. The molecular weight excluding hydrogens is 529 g/mol. The van der Waals surface area contributed by atoms with Gasteiger partial charge in [-0.05, 0) is 55.2 Å². The third-order valence-electron chi connectivity index (χ3n) is 5.01. The van der Waals surface area contributed by atoms with Crippen molar-refractivity contribution in [1.82, 2.24) is 20.5 Å². The molecule has 152 valence electrons. The molecule has 1 saturated heterocycles. The average molecular weight is 558 g/mol. The van der Waals surface area contributed by atoms with E-state index in [9.17, 15) is 0 Å². The largest absolute Gasteiger partial charge is 0.354 e. The summed E-state index contributed by atoms with van der Waals surface area (Å²) in [6.45, 7) is 6.00. The minimum atomic E-state index is 0. The molecule has 1 aliphatic heterocycles. The Morgan fingerprint density at radius 2 is 2.04 bits per heavy atom. The van der Waals surface area contributed by atoms with Crippen LogP contribution < -0.4 is 10.6 Å². The van der Waals surface area contributed by atoms with Crippen molar-refractivity contribution in [2.45, 2.75) is 38.9 Å². The quantitative estimate of drug-likeness (QED) is 0.330. The van der Waals surface area contributed by atoms with Gasteiger partial charge in [0.15, 0.2) is 5.96 Å². The van der Waals surface area contributed by atoms with Gasteiger partial charge in [0.2, 0.25) is 0 Å². The van der Waals surface area contributed by atoms with Gasteiger partial charge < -0.3 is 10.6 Å². The lowest BCUT2D eigenvalue weighted by Gasteiger charge is -2.32. The molecule has 2 heterocycles. The van der Waals surface area contributed by atoms with Gasteiger partial charge >= 0.3 is 0 Å². The second kappa shape index (κ2) is 11.7. The molecule has 3 rings (SSSR count). The number of hydrogen-bond acceptors (Lipinski definition) is 3. The summed E-state index contributed by atoms with van der Waals surface area (Å²) >= 11 is 3.52. The number of aromatic nitrogens is 1. The molecule has 1 aromatic heterocycles. The number of aliphatic imine (C=N–C) groups is 1. The van der Waals surface area contributed by atoms with E-state index in [1.165, 1.54) is 11.1 Å². The predicted octanol–water partition coefficient (Wildman–Crippen LogP) is 4.10. The number of nitrogens with zero attached hydrogens (tertiary/aromatic N) is 3. The summed E-state index contributed by atoms with van der Waals surface area (Å²) in [7, 11) is 1.83. The van der Waals surface area contributed by atoms with Gasteiger partial charge in [-0.3, -0.25) is 14.9 Å². The van der Waals surface area contributed by atoms with E-state index in [1.807, 2.05) is 19.3 Å². The van der Waals surface area contributed by atoms with Crippen molar-refractivity contribution in [3.8, 4) is 0 Å². The second-order valence-corrected chi connectivity index (χ2v) is 7.93. The average Bonchev–Trinajstić information content (AvgIpc) is 2.68. The number of halogens is 2. The molecule has 1 aromatic carbocycles. The number of pyridine rings is 1. The Morgan fingerprint density at radius 1 is 1.25 bits per heavy atom. The van der Waals surface area contributed by atoms with Crippen molar-refractivity contribution >= 4 is 45.9 Å². The van der Waals surface area contributed by atoms with Gasteiger partial charge in [-0.25, -0.2) is 0 Å². The summed E-state index contributed by atoms with van der Waals surface area (Å²) in [5, 5.41) is 7.02. The number of aryl methyl sites for hydroxylation is 1. The Morgan fingerprint density at radius 3 is 2.68 bits per heavy atom. The Balaban J connectivity index is 0.00000280. The Labute approximate surface area is 193 Å². The minimum Gasteiger partial charge on any atom is -0.354 e. The van der Waals surface area contributed by atoms with Crippen molar-refractivity contribution in [1.29, 1.82) is 0 Å². The first-order valence-electron chi connectivity index (χ1n) is 9.48. The van der Waals surface area contributed by atoms with Crippen LogP contribution >= 0.6 is 39.9 Å². The Hall–Kier alpha value is -1.19. The smallest absolute Gasteiger partial charge is 0.191 e. The first-order valence-corrected chi connectivity index (χ1v) is 10.3. The molecule has 7 heteroatoms. The fourth-order valence-corrected chi connectivity index (χ4v) is 3.86. The SMILES string of the molecule is CN=C(NCc1ccc(Br)cc1C)NC1CCN(Cc2ccccn2)CC1.I. The summed E-state index contributed by atoms with van der Waals surface area (Å²) in [6.07, 6.45) is 4.10. The molecule has 0 atom stereocenters. The predicted molar refractivity (Wildman–Crippen MR) is 130 cm³/mol. The van der Waals surface area contributed by atoms with Gasteiger partial charge in [-0.2, -0.15) is 0 Å². The minimum absolute atomic E-state index is 0. The molecular formula is C21H29BrIN5. The van der Waals surface area contributed by atoms with Crippen LogP contribution in [0.3, 0.4) is 0 Å². The lowest BCUT2D eigenvalue weighted by atomic mass is 10.0. The van der Waals surface area contributed by atoms with Crippen molar-refractivity contribution in [3.63, 3.8) is 0 Å². The van der Waals surface area contributed by atoms with Gasteiger partial charge in [0.25, 0.3) is 0 Å². The molecule has 5 nitrogen and oxygen atoms in total. The van der Waals surface area contributed by atoms with Crippen LogP contribution in [0.5, 0.6) is 0 Å². The molecule has 0 radical (unpaired) electrons. The summed E-state index contributed by atoms with van der Waals surface area (Å²) in [4.78, 5) is 11.3. The van der Waals surface area contributed by atoms with Crippen molar-refractivity contribution in [2.75, 3.05) is 20.1 Å². The van der Waals surface area contributed by atoms with Gasteiger partial charge in [0.1, 0.15) is 0 Å². The van der Waals surface area contributed by atoms with Crippen molar-refractivity contribution in [2.24, 2.45) is 4.99 Å². The number of benzene rings is 1. The topological polar surface area (TPSA) is 52.6 Å². The third-order valence-corrected chi connectivity index (χ3v) is 5.51. The molecule has 28 heavy (non-hydrogen) atoms. The fourth-order valence-electron chi connectivity index (χ4n) is 3.38. The second-order valence-electron chi connectivity index (χ2n) is 7.01. The van der Waals surface area contributed by atoms with Crippen LogP contribution in [0.15, 0.2) is 52.1 Å². The summed E-state index contributed by atoms with van der Waals surface area (Å²) in [5.41, 5.74) is 3.70. The van der Waals surface area contributed by atoms with Crippen LogP contribution in [0.25, 0.3) is 0 Å². The van der Waals surface area contributed by atoms with E-state index in [0.717, 1.165) is 55.1 Å². The standard InChI is InChI=1S/C21H28BrN5.HI/c1-16-13-18(22)7-6-17(16)14-25-21(23-2)26-19-8-11-27(12-9-19)15-20-5-3-4-10-24-20;/h3-7,10,13,19H,8-9,11-12,14-15H2,1-2H3,(H2,23,25,26);1H. The molecule has 2 aromatic rings. The van der Waals surface area contributed by atoms with Gasteiger partial charge in [0, 0.05) is 49.9 Å². The fraction of sp³-hybridized carbons (Fsp3) is 0.429. The summed E-state index contributed by atoms with van der Waals surface area (Å²) in [5.74, 6) is 0.875. The van der Waals surface area contributed by atoms with Crippen LogP contribution in [-0.2, 0) is 13.1 Å². The van der Waals surface area contributed by atoms with E-state index in [1.54, 1.807) is 0 Å². The number of rotatable bonds is 5. The van der Waals surface area contributed by atoms with Gasteiger partial charge in [-0.1, -0.05) is 28.1 Å². The first-order chi connectivity index (χ1) is 13.1. The number of nitrogens with one attached hydrogen (secondary N) is 2. The summed E-state index contributed by atoms with van der Waals surface area (Å²) in [6, 6.07) is 13.0. The molecule has 0 bridgehead atoms. The van der Waals surface area contributed by atoms with E-state index < -0.39 is 0 Å². The molecule has 0 aliphatic carbocycles. The molecule has 0 saturated carbocycles. The lowest BCUT2D eigenvalue weighted by molar-refractivity contribution is 0.196. The highest BCUT2D eigenvalue weighted by molar-refractivity contribution is 14.0. The number of likely N-dealkylation sites (tertiary alicyclic amines) is 1. The van der Waals surface area contributed by atoms with Crippen LogP contribution in [-0.4, -0.2) is 42.0 Å². The highest BCUT2D eigenvalue weighted by atomic mass is 127. The van der Waals surface area contributed by atoms with Crippen LogP contribution in [0.2, 0.25) is 0 Å². The number of piperidine rings is 1. The zero-order chi connectivity index (χ0) is 19.1. The molecule has 2 N–H and O–H groups in total. The van der Waals surface area contributed by atoms with E-state index in [2.05, 4.69) is 78.7 Å². The molecule has 1 aliphatic rings. The van der Waals surface area contributed by atoms with E-state index in [-0.39, 0.29) is 24.0 Å². The van der Waals surface area contributed by atoms with Gasteiger partial charge in [-0.15, -0.1) is 24.0 Å². The molecule has 0 spiro atoms. The monoisotopic (exact) mass is 557 g/mol. The normalized spacial score (nSPS) is 15.8. The highest BCUT2D eigenvalue weighted by Gasteiger charge is 2.20. The molecule has 1 fully saturated rings. The number of hydrogen-bond donors (Lipinski definition) is 2.